The Bertz CT molecular complexity index is 561. The Hall–Kier alpha value is -1.47. The Balaban J connectivity index is 2.72. The maximum Gasteiger partial charge on any atom is 0.335 e. The first-order valence-corrected chi connectivity index (χ1v) is 7.40. The van der Waals surface area contributed by atoms with Crippen LogP contribution in [0, 0.1) is 5.41 Å². The fourth-order valence-corrected chi connectivity index (χ4v) is 3.12. The summed E-state index contributed by atoms with van der Waals surface area (Å²) in [6.45, 7) is 5.47. The van der Waals surface area contributed by atoms with Gasteiger partial charge in [0.05, 0.1) is 23.6 Å². The van der Waals surface area contributed by atoms with Crippen molar-refractivity contribution in [2.75, 3.05) is 5.75 Å². The van der Waals surface area contributed by atoms with Gasteiger partial charge < -0.3 is 5.11 Å². The number of pyridine rings is 1. The summed E-state index contributed by atoms with van der Waals surface area (Å²) in [4.78, 5) is 14.7. The minimum absolute atomic E-state index is 0.00137. The second-order valence-electron chi connectivity index (χ2n) is 5.48. The summed E-state index contributed by atoms with van der Waals surface area (Å²) in [6, 6.07) is 2.71. The van der Waals surface area contributed by atoms with Crippen LogP contribution in [0.3, 0.4) is 0 Å². The maximum absolute atomic E-state index is 11.8. The number of nitrogens with zero attached hydrogens (tertiary/aromatic N) is 1. The number of aromatic nitrogens is 1. The van der Waals surface area contributed by atoms with Gasteiger partial charge in [-0.2, -0.15) is 0 Å². The average molecular weight is 286 g/mol. The number of rotatable bonds is 5. The molecule has 0 aromatic carbocycles. The van der Waals surface area contributed by atoms with Crippen molar-refractivity contribution in [2.45, 2.75) is 27.3 Å². The largest absolute Gasteiger partial charge is 0.478 e. The number of nitrogens with one attached hydrogen (secondary N) is 1. The Morgan fingerprint density at radius 1 is 1.42 bits per heavy atom. The van der Waals surface area contributed by atoms with Gasteiger partial charge in [0.25, 0.3) is 0 Å². The van der Waals surface area contributed by atoms with Crippen LogP contribution in [-0.4, -0.2) is 30.2 Å². The number of hydrogen-bond donors (Lipinski definition) is 2. The molecule has 2 N–H and O–H groups in total. The molecule has 1 heterocycles. The number of sulfonamides is 1. The molecular formula is C12H18N2O4S. The predicted octanol–water partition coefficient (Wildman–Crippen LogP) is 1.25. The average Bonchev–Trinajstić information content (AvgIpc) is 2.24. The van der Waals surface area contributed by atoms with E-state index in [1.165, 1.54) is 18.3 Å². The van der Waals surface area contributed by atoms with Gasteiger partial charge in [-0.3, -0.25) is 4.98 Å². The van der Waals surface area contributed by atoms with Crippen molar-refractivity contribution in [1.82, 2.24) is 9.71 Å². The van der Waals surface area contributed by atoms with Crippen LogP contribution in [-0.2, 0) is 16.6 Å². The van der Waals surface area contributed by atoms with E-state index in [2.05, 4.69) is 9.71 Å². The molecule has 7 heteroatoms. The van der Waals surface area contributed by atoms with Gasteiger partial charge >= 0.3 is 5.97 Å². The van der Waals surface area contributed by atoms with Gasteiger partial charge in [0, 0.05) is 6.20 Å². The molecule has 0 aliphatic carbocycles. The van der Waals surface area contributed by atoms with Crippen LogP contribution >= 0.6 is 0 Å². The predicted molar refractivity (Wildman–Crippen MR) is 71.3 cm³/mol. The third kappa shape index (κ3) is 5.80. The quantitative estimate of drug-likeness (QED) is 0.849. The number of hydrogen-bond acceptors (Lipinski definition) is 4. The molecule has 6 nitrogen and oxygen atoms in total. The molecule has 0 saturated carbocycles. The molecule has 0 aliphatic rings. The van der Waals surface area contributed by atoms with Crippen LogP contribution in [0.15, 0.2) is 18.3 Å². The Kier molecular flexibility index (Phi) is 4.65. The highest BCUT2D eigenvalue weighted by molar-refractivity contribution is 7.89. The van der Waals surface area contributed by atoms with E-state index < -0.39 is 16.0 Å². The van der Waals surface area contributed by atoms with Gasteiger partial charge in [0.1, 0.15) is 0 Å². The standard InChI is InChI=1S/C12H18N2O4S/c1-12(2,3)8-19(17,18)14-7-10-6-9(11(15)16)4-5-13-10/h4-6,14H,7-8H2,1-3H3,(H,15,16). The molecule has 0 amide bonds. The van der Waals surface area contributed by atoms with Crippen LogP contribution in [0.4, 0.5) is 0 Å². The third-order valence-corrected chi connectivity index (χ3v) is 3.99. The minimum atomic E-state index is -3.41. The van der Waals surface area contributed by atoms with Gasteiger partial charge in [-0.25, -0.2) is 17.9 Å². The van der Waals surface area contributed by atoms with Crippen LogP contribution in [0.5, 0.6) is 0 Å². The lowest BCUT2D eigenvalue weighted by Crippen LogP contribution is -2.32. The molecule has 0 aliphatic heterocycles. The molecule has 19 heavy (non-hydrogen) atoms. The molecule has 0 saturated heterocycles. The summed E-state index contributed by atoms with van der Waals surface area (Å²) in [7, 11) is -3.41. The Morgan fingerprint density at radius 3 is 2.58 bits per heavy atom. The summed E-state index contributed by atoms with van der Waals surface area (Å²) in [6.07, 6.45) is 1.34. The zero-order valence-corrected chi connectivity index (χ0v) is 12.0. The molecule has 1 aromatic rings. The summed E-state index contributed by atoms with van der Waals surface area (Å²) in [5, 5.41) is 8.82. The zero-order valence-electron chi connectivity index (χ0n) is 11.2. The van der Waals surface area contributed by atoms with Crippen molar-refractivity contribution in [3.05, 3.63) is 29.6 Å². The molecule has 0 fully saturated rings. The van der Waals surface area contributed by atoms with Crippen LogP contribution in [0.2, 0.25) is 0 Å². The van der Waals surface area contributed by atoms with E-state index in [1.54, 1.807) is 0 Å². The van der Waals surface area contributed by atoms with E-state index >= 15 is 0 Å². The second-order valence-corrected chi connectivity index (χ2v) is 7.29. The van der Waals surface area contributed by atoms with E-state index in [0.29, 0.717) is 5.69 Å². The van der Waals surface area contributed by atoms with E-state index in [1.807, 2.05) is 20.8 Å². The highest BCUT2D eigenvalue weighted by Gasteiger charge is 2.21. The van der Waals surface area contributed by atoms with Crippen molar-refractivity contribution in [1.29, 1.82) is 0 Å². The van der Waals surface area contributed by atoms with Gasteiger partial charge in [-0.15, -0.1) is 0 Å². The fourth-order valence-electron chi connectivity index (χ4n) is 1.51. The van der Waals surface area contributed by atoms with Crippen molar-refractivity contribution < 1.29 is 18.3 Å². The van der Waals surface area contributed by atoms with Crippen molar-refractivity contribution in [3.63, 3.8) is 0 Å². The van der Waals surface area contributed by atoms with Crippen LogP contribution in [0.1, 0.15) is 36.8 Å². The Morgan fingerprint density at radius 2 is 2.05 bits per heavy atom. The topological polar surface area (TPSA) is 96.4 Å². The monoisotopic (exact) mass is 286 g/mol. The Labute approximate surface area is 112 Å². The number of carboxylic acids is 1. The van der Waals surface area contributed by atoms with E-state index in [0.717, 1.165) is 0 Å². The van der Waals surface area contributed by atoms with Gasteiger partial charge in [0.15, 0.2) is 0 Å². The van der Waals surface area contributed by atoms with E-state index in [-0.39, 0.29) is 23.3 Å². The lowest BCUT2D eigenvalue weighted by molar-refractivity contribution is 0.0696. The van der Waals surface area contributed by atoms with Crippen LogP contribution in [0.25, 0.3) is 0 Å². The molecule has 0 spiro atoms. The normalized spacial score (nSPS) is 12.4. The first-order chi connectivity index (χ1) is 8.59. The van der Waals surface area contributed by atoms with Gasteiger partial charge in [-0.1, -0.05) is 20.8 Å². The lowest BCUT2D eigenvalue weighted by atomic mass is 10.0. The number of aromatic carboxylic acids is 1. The number of carbonyl (C=O) groups is 1. The van der Waals surface area contributed by atoms with Crippen molar-refractivity contribution in [2.24, 2.45) is 5.41 Å². The first-order valence-electron chi connectivity index (χ1n) is 5.75. The first kappa shape index (κ1) is 15.6. The molecule has 0 atom stereocenters. The fraction of sp³-hybridized carbons (Fsp3) is 0.500. The van der Waals surface area contributed by atoms with Crippen molar-refractivity contribution in [3.8, 4) is 0 Å². The highest BCUT2D eigenvalue weighted by Crippen LogP contribution is 2.15. The minimum Gasteiger partial charge on any atom is -0.478 e. The highest BCUT2D eigenvalue weighted by atomic mass is 32.2. The molecule has 1 rings (SSSR count). The third-order valence-electron chi connectivity index (χ3n) is 2.16. The maximum atomic E-state index is 11.8. The summed E-state index contributed by atoms with van der Waals surface area (Å²) in [5.41, 5.74) is 0.111. The molecule has 0 radical (unpaired) electrons. The smallest absolute Gasteiger partial charge is 0.335 e. The summed E-state index contributed by atoms with van der Waals surface area (Å²) < 4.78 is 26.0. The lowest BCUT2D eigenvalue weighted by Gasteiger charge is -2.18. The molecular weight excluding hydrogens is 268 g/mol. The summed E-state index contributed by atoms with van der Waals surface area (Å²) >= 11 is 0. The molecule has 106 valence electrons. The molecule has 1 aromatic heterocycles. The zero-order chi connectivity index (χ0) is 14.7. The second kappa shape index (κ2) is 5.66. The van der Waals surface area contributed by atoms with E-state index in [4.69, 9.17) is 5.11 Å². The van der Waals surface area contributed by atoms with Crippen molar-refractivity contribution >= 4 is 16.0 Å². The summed E-state index contributed by atoms with van der Waals surface area (Å²) in [5.74, 6) is -1.07. The van der Waals surface area contributed by atoms with Gasteiger partial charge in [0.2, 0.25) is 10.0 Å². The van der Waals surface area contributed by atoms with Gasteiger partial charge in [-0.05, 0) is 17.5 Å². The van der Waals surface area contributed by atoms with Crippen LogP contribution < -0.4 is 4.72 Å². The molecule has 0 unspecified atom stereocenters. The SMILES string of the molecule is CC(C)(C)CS(=O)(=O)NCc1cc(C(=O)O)ccn1. The van der Waals surface area contributed by atoms with E-state index in [9.17, 15) is 13.2 Å². The molecule has 0 bridgehead atoms. The number of carboxylic acid groups (broad SMARTS) is 1.